The number of hydrogen-bond donors (Lipinski definition) is 3. The van der Waals surface area contributed by atoms with Crippen LogP contribution < -0.4 is 20.7 Å². The number of anilines is 1. The number of rotatable bonds is 11. The number of benzene rings is 1. The van der Waals surface area contributed by atoms with Gasteiger partial charge in [-0.3, -0.25) is 9.67 Å². The van der Waals surface area contributed by atoms with Crippen molar-refractivity contribution in [3.8, 4) is 21.9 Å². The highest BCUT2D eigenvalue weighted by Gasteiger charge is 2.23. The maximum Gasteiger partial charge on any atom is 0.508 e. The van der Waals surface area contributed by atoms with Gasteiger partial charge in [0.2, 0.25) is 0 Å². The first-order valence-electron chi connectivity index (χ1n) is 13.7. The van der Waals surface area contributed by atoms with Gasteiger partial charge in [-0.25, -0.2) is 14.0 Å². The Morgan fingerprint density at radius 1 is 1.14 bits per heavy atom. The van der Waals surface area contributed by atoms with E-state index in [9.17, 15) is 14.0 Å². The number of carbonyl (C=O) groups excluding carboxylic acids is 2. The number of ether oxygens (including phenoxy) is 3. The van der Waals surface area contributed by atoms with Gasteiger partial charge in [-0.15, -0.1) is 11.3 Å². The number of halogens is 1. The Balaban J connectivity index is 1.15. The van der Waals surface area contributed by atoms with Crippen molar-refractivity contribution < 1.29 is 28.2 Å². The van der Waals surface area contributed by atoms with E-state index in [2.05, 4.69) is 26.0 Å². The van der Waals surface area contributed by atoms with Gasteiger partial charge in [-0.05, 0) is 51.8 Å². The van der Waals surface area contributed by atoms with Crippen LogP contribution in [0.4, 0.5) is 19.7 Å². The van der Waals surface area contributed by atoms with Crippen molar-refractivity contribution in [3.63, 3.8) is 0 Å². The van der Waals surface area contributed by atoms with Crippen LogP contribution in [0.1, 0.15) is 33.6 Å². The molecule has 3 N–H and O–H groups in total. The number of nitrogens with zero attached hydrogens (tertiary/aromatic N) is 3. The SMILES string of the molecule is CC(C)(C)OC(=O)OCCNCCn1cc(-c2cc3nccc(Oc4ccc(NC(=O)NC5CC5)cc4F)c3s2)cn1. The highest BCUT2D eigenvalue weighted by Crippen LogP contribution is 2.39. The molecule has 13 heteroatoms. The summed E-state index contributed by atoms with van der Waals surface area (Å²) in [5, 5.41) is 13.1. The van der Waals surface area contributed by atoms with E-state index in [1.54, 1.807) is 45.3 Å². The molecule has 0 saturated heterocycles. The first-order valence-corrected chi connectivity index (χ1v) is 14.5. The maximum absolute atomic E-state index is 14.8. The lowest BCUT2D eigenvalue weighted by Gasteiger charge is -2.18. The molecule has 3 aromatic heterocycles. The number of aromatic nitrogens is 3. The lowest BCUT2D eigenvalue weighted by Crippen LogP contribution is -2.30. The van der Waals surface area contributed by atoms with Crippen molar-refractivity contribution in [2.45, 2.75) is 51.8 Å². The fourth-order valence-electron chi connectivity index (χ4n) is 3.92. The summed E-state index contributed by atoms with van der Waals surface area (Å²) in [7, 11) is 0. The smallest absolute Gasteiger partial charge is 0.453 e. The van der Waals surface area contributed by atoms with Gasteiger partial charge < -0.3 is 30.2 Å². The van der Waals surface area contributed by atoms with Crippen LogP contribution in [0.25, 0.3) is 20.7 Å². The normalized spacial score (nSPS) is 13.1. The minimum atomic E-state index is -0.683. The molecule has 0 bridgehead atoms. The second-order valence-electron chi connectivity index (χ2n) is 10.8. The monoisotopic (exact) mass is 596 g/mol. The average Bonchev–Trinajstić information content (AvgIpc) is 3.41. The number of urea groups is 1. The highest BCUT2D eigenvalue weighted by atomic mass is 32.1. The van der Waals surface area contributed by atoms with Crippen LogP contribution in [0.2, 0.25) is 0 Å². The van der Waals surface area contributed by atoms with Gasteiger partial charge in [-0.1, -0.05) is 0 Å². The summed E-state index contributed by atoms with van der Waals surface area (Å²) < 4.78 is 33.5. The minimum Gasteiger partial charge on any atom is -0.453 e. The molecule has 0 atom stereocenters. The van der Waals surface area contributed by atoms with Gasteiger partial charge in [0.15, 0.2) is 11.6 Å². The highest BCUT2D eigenvalue weighted by molar-refractivity contribution is 7.22. The van der Waals surface area contributed by atoms with Gasteiger partial charge in [0.05, 0.1) is 23.0 Å². The van der Waals surface area contributed by atoms with Crippen molar-refractivity contribution in [3.05, 3.63) is 54.7 Å². The molecule has 0 spiro atoms. The summed E-state index contributed by atoms with van der Waals surface area (Å²) in [6, 6.07) is 7.82. The number of thiophene rings is 1. The van der Waals surface area contributed by atoms with Crippen LogP contribution in [-0.4, -0.2) is 58.3 Å². The Kier molecular flexibility index (Phi) is 8.88. The molecular formula is C29H33FN6O5S. The van der Waals surface area contributed by atoms with Crippen LogP contribution in [-0.2, 0) is 16.0 Å². The molecule has 11 nitrogen and oxygen atoms in total. The Labute approximate surface area is 246 Å². The molecule has 5 rings (SSSR count). The summed E-state index contributed by atoms with van der Waals surface area (Å²) in [5.41, 5.74) is 1.41. The molecule has 0 unspecified atom stereocenters. The molecule has 1 aromatic carbocycles. The second kappa shape index (κ2) is 12.7. The Morgan fingerprint density at radius 2 is 1.98 bits per heavy atom. The van der Waals surface area contributed by atoms with Gasteiger partial charge >= 0.3 is 12.2 Å². The van der Waals surface area contributed by atoms with E-state index in [0.717, 1.165) is 33.5 Å². The molecule has 1 aliphatic rings. The lowest BCUT2D eigenvalue weighted by molar-refractivity contribution is -0.00660. The number of amides is 2. The molecule has 0 radical (unpaired) electrons. The summed E-state index contributed by atoms with van der Waals surface area (Å²) in [4.78, 5) is 28.9. The second-order valence-corrected chi connectivity index (χ2v) is 11.9. The fourth-order valence-corrected chi connectivity index (χ4v) is 4.96. The Morgan fingerprint density at radius 3 is 2.74 bits per heavy atom. The predicted octanol–water partition coefficient (Wildman–Crippen LogP) is 5.92. The number of nitrogens with one attached hydrogen (secondary N) is 3. The van der Waals surface area contributed by atoms with E-state index in [-0.39, 0.29) is 24.4 Å². The van der Waals surface area contributed by atoms with Gasteiger partial charge in [0.25, 0.3) is 0 Å². The third-order valence-electron chi connectivity index (χ3n) is 6.02. The molecule has 1 aliphatic carbocycles. The molecule has 3 heterocycles. The fraction of sp³-hybridized carbons (Fsp3) is 0.379. The first-order chi connectivity index (χ1) is 20.1. The van der Waals surface area contributed by atoms with Crippen LogP contribution >= 0.6 is 11.3 Å². The summed E-state index contributed by atoms with van der Waals surface area (Å²) in [6.07, 6.45) is 6.59. The van der Waals surface area contributed by atoms with Crippen LogP contribution in [0.3, 0.4) is 0 Å². The summed E-state index contributed by atoms with van der Waals surface area (Å²) in [6.45, 7) is 7.31. The molecular weight excluding hydrogens is 563 g/mol. The van der Waals surface area contributed by atoms with Gasteiger partial charge in [0.1, 0.15) is 18.0 Å². The maximum atomic E-state index is 14.8. The largest absolute Gasteiger partial charge is 0.508 e. The first kappa shape index (κ1) is 29.3. The molecule has 42 heavy (non-hydrogen) atoms. The van der Waals surface area contributed by atoms with Crippen molar-refractivity contribution in [2.75, 3.05) is 25.0 Å². The zero-order valence-electron chi connectivity index (χ0n) is 23.6. The lowest BCUT2D eigenvalue weighted by atomic mass is 10.2. The Bertz CT molecular complexity index is 1560. The van der Waals surface area contributed by atoms with Crippen molar-refractivity contribution in [1.29, 1.82) is 0 Å². The zero-order chi connectivity index (χ0) is 29.7. The third-order valence-corrected chi connectivity index (χ3v) is 7.21. The van der Waals surface area contributed by atoms with Crippen LogP contribution in [0.15, 0.2) is 48.9 Å². The van der Waals surface area contributed by atoms with E-state index >= 15 is 0 Å². The topological polar surface area (TPSA) is 129 Å². The number of hydrogen-bond acceptors (Lipinski definition) is 9. The summed E-state index contributed by atoms with van der Waals surface area (Å²) >= 11 is 1.48. The van der Waals surface area contributed by atoms with Gasteiger partial charge in [0, 0.05) is 59.8 Å². The van der Waals surface area contributed by atoms with Crippen molar-refractivity contribution >= 4 is 39.4 Å². The summed E-state index contributed by atoms with van der Waals surface area (Å²) in [5.74, 6) is -0.0674. The predicted molar refractivity (Wildman–Crippen MR) is 158 cm³/mol. The molecule has 222 valence electrons. The molecule has 2 amide bonds. The Hall–Kier alpha value is -4.23. The van der Waals surface area contributed by atoms with E-state index in [0.29, 0.717) is 31.1 Å². The van der Waals surface area contributed by atoms with Crippen LogP contribution in [0.5, 0.6) is 11.5 Å². The van der Waals surface area contributed by atoms with E-state index < -0.39 is 17.6 Å². The molecule has 1 saturated carbocycles. The third kappa shape index (κ3) is 8.17. The molecule has 4 aromatic rings. The van der Waals surface area contributed by atoms with Gasteiger partial charge in [-0.2, -0.15) is 5.10 Å². The standard InChI is InChI=1S/C29H33FN6O5S/c1-29(2,3)41-28(38)39-13-11-31-10-12-36-17-18(16-33-36)25-15-22-26(42-25)24(8-9-32-22)40-23-7-6-20(14-21(23)30)35-27(37)34-19-4-5-19/h6-9,14-17,19,31H,4-5,10-13H2,1-3H3,(H2,34,35,37). The van der Waals surface area contributed by atoms with Crippen molar-refractivity contribution in [1.82, 2.24) is 25.4 Å². The van der Waals surface area contributed by atoms with Crippen LogP contribution in [0, 0.1) is 5.82 Å². The zero-order valence-corrected chi connectivity index (χ0v) is 24.4. The number of fused-ring (bicyclic) bond motifs is 1. The molecule has 1 fully saturated rings. The number of carbonyl (C=O) groups is 2. The number of pyridine rings is 1. The van der Waals surface area contributed by atoms with E-state index in [1.807, 2.05) is 16.9 Å². The van der Waals surface area contributed by atoms with E-state index in [1.165, 1.54) is 23.5 Å². The molecule has 0 aliphatic heterocycles. The van der Waals surface area contributed by atoms with E-state index in [4.69, 9.17) is 14.2 Å². The van der Waals surface area contributed by atoms with Crippen molar-refractivity contribution in [2.24, 2.45) is 0 Å². The minimum absolute atomic E-state index is 0.0439. The quantitative estimate of drug-likeness (QED) is 0.144. The average molecular weight is 597 g/mol.